The number of nitrogens with one attached hydrogen (secondary N) is 2. The predicted molar refractivity (Wildman–Crippen MR) is 107 cm³/mol. The first kappa shape index (κ1) is 20.0. The number of aromatic nitrogens is 2. The van der Waals surface area contributed by atoms with E-state index >= 15 is 0 Å². The molecule has 2 aromatic rings. The molecule has 6 nitrogen and oxygen atoms in total. The lowest BCUT2D eigenvalue weighted by Gasteiger charge is -2.31. The monoisotopic (exact) mass is 357 g/mol. The molecule has 1 aromatic heterocycles. The maximum atomic E-state index is 12.3. The van der Waals surface area contributed by atoms with Crippen LogP contribution in [0.2, 0.25) is 0 Å². The molecule has 1 atom stereocenters. The minimum atomic E-state index is -0.218. The number of nitrogens with zero attached hydrogens (tertiary/aromatic N) is 3. The van der Waals surface area contributed by atoms with Crippen molar-refractivity contribution >= 4 is 11.8 Å². The summed E-state index contributed by atoms with van der Waals surface area (Å²) in [6.07, 6.45) is 2.90. The molecule has 2 N–H and O–H groups in total. The summed E-state index contributed by atoms with van der Waals surface area (Å²) in [5.41, 5.74) is 0.958. The molecule has 0 saturated carbocycles. The van der Waals surface area contributed by atoms with Gasteiger partial charge in [0.25, 0.3) is 0 Å². The molecule has 0 aliphatic heterocycles. The minimum Gasteiger partial charge on any atom is -0.336 e. The van der Waals surface area contributed by atoms with Crippen molar-refractivity contribution in [2.24, 2.45) is 5.92 Å². The molecule has 6 heteroatoms. The third-order valence-corrected chi connectivity index (χ3v) is 4.42. The van der Waals surface area contributed by atoms with Crippen molar-refractivity contribution in [1.29, 1.82) is 0 Å². The van der Waals surface area contributed by atoms with E-state index in [2.05, 4.69) is 48.3 Å². The minimum absolute atomic E-state index is 0.218. The Balaban J connectivity index is 1.90. The first-order valence-electron chi connectivity index (χ1n) is 9.43. The maximum absolute atomic E-state index is 12.3. The normalized spacial score (nSPS) is 12.4. The predicted octanol–water partition coefficient (Wildman–Crippen LogP) is 3.75. The summed E-state index contributed by atoms with van der Waals surface area (Å²) in [6, 6.07) is 11.7. The molecule has 1 heterocycles. The standard InChI is InChI=1S/C20H31N5O/c1-5-24(6-2)18(14-16(3)4)15-21-20(26)22-19-12-13-25(23-19)17-10-8-7-9-11-17/h7-13,16,18H,5-6,14-15H2,1-4H3,(H2,21,22,23,26). The fourth-order valence-electron chi connectivity index (χ4n) is 3.13. The molecule has 1 aromatic carbocycles. The van der Waals surface area contributed by atoms with Gasteiger partial charge in [0.15, 0.2) is 5.82 Å². The summed E-state index contributed by atoms with van der Waals surface area (Å²) < 4.78 is 1.74. The zero-order chi connectivity index (χ0) is 18.9. The first-order chi connectivity index (χ1) is 12.5. The zero-order valence-electron chi connectivity index (χ0n) is 16.3. The SMILES string of the molecule is CCN(CC)C(CNC(=O)Nc1ccn(-c2ccccc2)n1)CC(C)C. The van der Waals surface area contributed by atoms with Crippen LogP contribution in [0.4, 0.5) is 10.6 Å². The molecular weight excluding hydrogens is 326 g/mol. The lowest BCUT2D eigenvalue weighted by atomic mass is 10.0. The molecule has 26 heavy (non-hydrogen) atoms. The van der Waals surface area contributed by atoms with E-state index in [1.165, 1.54) is 0 Å². The van der Waals surface area contributed by atoms with Gasteiger partial charge in [-0.2, -0.15) is 0 Å². The van der Waals surface area contributed by atoms with Gasteiger partial charge in [-0.25, -0.2) is 9.48 Å². The van der Waals surface area contributed by atoms with Crippen molar-refractivity contribution in [2.75, 3.05) is 25.0 Å². The Kier molecular flexibility index (Phi) is 7.66. The largest absolute Gasteiger partial charge is 0.336 e. The number of benzene rings is 1. The quantitative estimate of drug-likeness (QED) is 0.718. The second-order valence-electron chi connectivity index (χ2n) is 6.82. The summed E-state index contributed by atoms with van der Waals surface area (Å²) in [7, 11) is 0. The summed E-state index contributed by atoms with van der Waals surface area (Å²) >= 11 is 0. The van der Waals surface area contributed by atoms with Crippen molar-refractivity contribution < 1.29 is 4.79 Å². The average molecular weight is 358 g/mol. The van der Waals surface area contributed by atoms with E-state index in [9.17, 15) is 4.79 Å². The number of hydrogen-bond donors (Lipinski definition) is 2. The fourth-order valence-corrected chi connectivity index (χ4v) is 3.13. The van der Waals surface area contributed by atoms with Crippen molar-refractivity contribution in [3.8, 4) is 5.69 Å². The van der Waals surface area contributed by atoms with E-state index in [4.69, 9.17) is 0 Å². The number of rotatable bonds is 9. The second-order valence-corrected chi connectivity index (χ2v) is 6.82. The Morgan fingerprint density at radius 3 is 2.46 bits per heavy atom. The van der Waals surface area contributed by atoms with Gasteiger partial charge in [0.1, 0.15) is 0 Å². The van der Waals surface area contributed by atoms with Crippen LogP contribution in [0.5, 0.6) is 0 Å². The zero-order valence-corrected chi connectivity index (χ0v) is 16.3. The van der Waals surface area contributed by atoms with E-state index in [1.54, 1.807) is 10.7 Å². The van der Waals surface area contributed by atoms with Crippen molar-refractivity contribution in [3.63, 3.8) is 0 Å². The van der Waals surface area contributed by atoms with Gasteiger partial charge in [-0.1, -0.05) is 45.9 Å². The molecule has 1 unspecified atom stereocenters. The van der Waals surface area contributed by atoms with Crippen LogP contribution in [-0.4, -0.2) is 46.4 Å². The topological polar surface area (TPSA) is 62.2 Å². The van der Waals surface area contributed by atoms with Gasteiger partial charge >= 0.3 is 6.03 Å². The number of para-hydroxylation sites is 1. The Labute approximate surface area is 156 Å². The van der Waals surface area contributed by atoms with Crippen LogP contribution in [0.3, 0.4) is 0 Å². The molecule has 0 radical (unpaired) electrons. The average Bonchev–Trinajstić information content (AvgIpc) is 3.09. The van der Waals surface area contributed by atoms with Crippen LogP contribution in [0.1, 0.15) is 34.1 Å². The van der Waals surface area contributed by atoms with Gasteiger partial charge in [0.05, 0.1) is 5.69 Å². The molecule has 0 saturated heterocycles. The van der Waals surface area contributed by atoms with Gasteiger partial charge in [-0.05, 0) is 37.6 Å². The van der Waals surface area contributed by atoms with Crippen LogP contribution in [0.15, 0.2) is 42.6 Å². The number of carbonyl (C=O) groups excluding carboxylic acids is 1. The summed E-state index contributed by atoms with van der Waals surface area (Å²) in [6.45, 7) is 11.3. The molecule has 0 aliphatic rings. The molecular formula is C20H31N5O. The lowest BCUT2D eigenvalue weighted by molar-refractivity contribution is 0.186. The van der Waals surface area contributed by atoms with Gasteiger partial charge < -0.3 is 5.32 Å². The van der Waals surface area contributed by atoms with Crippen molar-refractivity contribution in [3.05, 3.63) is 42.6 Å². The highest BCUT2D eigenvalue weighted by Crippen LogP contribution is 2.12. The fraction of sp³-hybridized carbons (Fsp3) is 0.500. The molecule has 0 bridgehead atoms. The first-order valence-corrected chi connectivity index (χ1v) is 9.43. The number of hydrogen-bond acceptors (Lipinski definition) is 3. The summed E-state index contributed by atoms with van der Waals surface area (Å²) in [5, 5.41) is 10.2. The molecule has 2 rings (SSSR count). The van der Waals surface area contributed by atoms with Gasteiger partial charge in [0, 0.05) is 24.8 Å². The molecule has 0 aliphatic carbocycles. The van der Waals surface area contributed by atoms with E-state index in [0.29, 0.717) is 24.3 Å². The number of amides is 2. The van der Waals surface area contributed by atoms with Gasteiger partial charge in [-0.15, -0.1) is 5.10 Å². The number of carbonyl (C=O) groups is 1. The van der Waals surface area contributed by atoms with Gasteiger partial charge in [-0.3, -0.25) is 10.2 Å². The Bertz CT molecular complexity index is 664. The Hall–Kier alpha value is -2.34. The van der Waals surface area contributed by atoms with Gasteiger partial charge in [0.2, 0.25) is 0 Å². The number of likely N-dealkylation sites (N-methyl/N-ethyl adjacent to an activating group) is 1. The van der Waals surface area contributed by atoms with Crippen LogP contribution >= 0.6 is 0 Å². The maximum Gasteiger partial charge on any atom is 0.320 e. The number of urea groups is 1. The second kappa shape index (κ2) is 9.97. The molecule has 2 amide bonds. The highest BCUT2D eigenvalue weighted by Gasteiger charge is 2.18. The van der Waals surface area contributed by atoms with E-state index in [0.717, 1.165) is 25.2 Å². The van der Waals surface area contributed by atoms with E-state index in [-0.39, 0.29) is 6.03 Å². The molecule has 0 fully saturated rings. The van der Waals surface area contributed by atoms with Crippen LogP contribution < -0.4 is 10.6 Å². The third kappa shape index (κ3) is 5.88. The Morgan fingerprint density at radius 2 is 1.85 bits per heavy atom. The summed E-state index contributed by atoms with van der Waals surface area (Å²) in [4.78, 5) is 14.7. The highest BCUT2D eigenvalue weighted by molar-refractivity contribution is 5.88. The third-order valence-electron chi connectivity index (χ3n) is 4.42. The van der Waals surface area contributed by atoms with Crippen LogP contribution in [-0.2, 0) is 0 Å². The van der Waals surface area contributed by atoms with Crippen molar-refractivity contribution in [1.82, 2.24) is 20.0 Å². The van der Waals surface area contributed by atoms with Crippen LogP contribution in [0.25, 0.3) is 5.69 Å². The summed E-state index contributed by atoms with van der Waals surface area (Å²) in [5.74, 6) is 1.13. The Morgan fingerprint density at radius 1 is 1.15 bits per heavy atom. The van der Waals surface area contributed by atoms with Crippen LogP contribution in [0, 0.1) is 5.92 Å². The van der Waals surface area contributed by atoms with Crippen molar-refractivity contribution in [2.45, 2.75) is 40.2 Å². The van der Waals surface area contributed by atoms with E-state index in [1.807, 2.05) is 36.5 Å². The molecule has 0 spiro atoms. The number of anilines is 1. The lowest BCUT2D eigenvalue weighted by Crippen LogP contribution is -2.45. The molecule has 142 valence electrons. The van der Waals surface area contributed by atoms with E-state index < -0.39 is 0 Å². The smallest absolute Gasteiger partial charge is 0.320 e. The highest BCUT2D eigenvalue weighted by atomic mass is 16.2.